The molecule has 1 fully saturated rings. The standard InChI is InChI=1S/C30H32N4O4/c35-26(12-9-21-6-2-1-3-7-21)38-24(19-32-14-16-33(17-15-32)25-8-4-5-13-31-25)20-34-29(36)27-22-10-11-23(18-22)28(27)30(34)37/h1-13,22-24,36-37H,14-20H2. The van der Waals surface area contributed by atoms with Gasteiger partial charge in [0.15, 0.2) is 11.8 Å². The quantitative estimate of drug-likeness (QED) is 0.269. The fourth-order valence-electron chi connectivity index (χ4n) is 5.92. The zero-order valence-electron chi connectivity index (χ0n) is 21.2. The van der Waals surface area contributed by atoms with E-state index in [1.807, 2.05) is 48.5 Å². The van der Waals surface area contributed by atoms with Gasteiger partial charge in [-0.05, 0) is 30.2 Å². The second-order valence-electron chi connectivity index (χ2n) is 10.2. The van der Waals surface area contributed by atoms with Gasteiger partial charge in [-0.2, -0.15) is 0 Å². The molecule has 6 rings (SSSR count). The number of fused-ring (bicyclic) bond motifs is 5. The molecule has 196 valence electrons. The number of nitrogens with zero attached hydrogens (tertiary/aromatic N) is 4. The Kier molecular flexibility index (Phi) is 6.64. The Labute approximate surface area is 222 Å². The van der Waals surface area contributed by atoms with Crippen LogP contribution in [0.5, 0.6) is 11.8 Å². The van der Waals surface area contributed by atoms with Crippen molar-refractivity contribution in [1.29, 1.82) is 0 Å². The third kappa shape index (κ3) is 4.79. The number of anilines is 1. The molecule has 3 atom stereocenters. The fourth-order valence-corrected chi connectivity index (χ4v) is 5.92. The zero-order chi connectivity index (χ0) is 26.1. The van der Waals surface area contributed by atoms with Crippen LogP contribution in [0.2, 0.25) is 0 Å². The minimum absolute atomic E-state index is 0.0789. The van der Waals surface area contributed by atoms with Crippen molar-refractivity contribution in [1.82, 2.24) is 14.5 Å². The van der Waals surface area contributed by atoms with Crippen molar-refractivity contribution in [3.63, 3.8) is 0 Å². The van der Waals surface area contributed by atoms with E-state index in [9.17, 15) is 15.0 Å². The summed E-state index contributed by atoms with van der Waals surface area (Å²) in [6.07, 6.45) is 9.51. The molecule has 38 heavy (non-hydrogen) atoms. The van der Waals surface area contributed by atoms with Crippen LogP contribution in [0, 0.1) is 0 Å². The van der Waals surface area contributed by atoms with Gasteiger partial charge in [0.25, 0.3) is 0 Å². The average Bonchev–Trinajstić information content (AvgIpc) is 3.64. The van der Waals surface area contributed by atoms with Crippen LogP contribution in [0.15, 0.2) is 73.0 Å². The molecule has 1 saturated heterocycles. The lowest BCUT2D eigenvalue weighted by Gasteiger charge is -2.36. The molecule has 2 bridgehead atoms. The van der Waals surface area contributed by atoms with E-state index in [1.54, 1.807) is 12.3 Å². The predicted molar refractivity (Wildman–Crippen MR) is 145 cm³/mol. The number of esters is 1. The SMILES string of the molecule is O=C(C=Cc1ccccc1)OC(CN1CCN(c2ccccn2)CC1)Cn1c(O)c2c(c1O)C1C=CC2C1. The zero-order valence-corrected chi connectivity index (χ0v) is 21.2. The number of rotatable bonds is 8. The van der Waals surface area contributed by atoms with Crippen molar-refractivity contribution in [2.45, 2.75) is 30.9 Å². The van der Waals surface area contributed by atoms with E-state index in [-0.39, 0.29) is 30.1 Å². The van der Waals surface area contributed by atoms with E-state index in [4.69, 9.17) is 4.74 Å². The number of ether oxygens (including phenoxy) is 1. The number of carbonyl (C=O) groups excluding carboxylic acids is 1. The van der Waals surface area contributed by atoms with Crippen molar-refractivity contribution in [2.75, 3.05) is 37.6 Å². The van der Waals surface area contributed by atoms with Crippen molar-refractivity contribution >= 4 is 17.9 Å². The van der Waals surface area contributed by atoms with Crippen molar-refractivity contribution in [2.24, 2.45) is 0 Å². The lowest BCUT2D eigenvalue weighted by molar-refractivity contribution is -0.144. The number of pyridine rings is 1. The lowest BCUT2D eigenvalue weighted by Crippen LogP contribution is -2.49. The van der Waals surface area contributed by atoms with Crippen molar-refractivity contribution in [3.05, 3.63) is 89.6 Å². The highest BCUT2D eigenvalue weighted by Crippen LogP contribution is 2.56. The Hall–Kier alpha value is -4.04. The summed E-state index contributed by atoms with van der Waals surface area (Å²) >= 11 is 0. The number of hydrogen-bond donors (Lipinski definition) is 2. The first kappa shape index (κ1) is 24.3. The second kappa shape index (κ2) is 10.4. The number of allylic oxidation sites excluding steroid dienone is 2. The smallest absolute Gasteiger partial charge is 0.331 e. The molecule has 2 N–H and O–H groups in total. The topological polar surface area (TPSA) is 91.1 Å². The summed E-state index contributed by atoms with van der Waals surface area (Å²) in [4.78, 5) is 21.8. The number of benzene rings is 1. The molecular formula is C30H32N4O4. The van der Waals surface area contributed by atoms with E-state index in [2.05, 4.69) is 26.9 Å². The van der Waals surface area contributed by atoms with Crippen LogP contribution < -0.4 is 4.90 Å². The van der Waals surface area contributed by atoms with E-state index in [1.165, 1.54) is 10.6 Å². The lowest BCUT2D eigenvalue weighted by atomic mass is 10.0. The number of piperazine rings is 1. The average molecular weight is 513 g/mol. The van der Waals surface area contributed by atoms with E-state index in [0.717, 1.165) is 55.1 Å². The molecule has 8 heteroatoms. The maximum atomic E-state index is 12.8. The molecule has 3 aliphatic rings. The third-order valence-corrected chi connectivity index (χ3v) is 7.80. The molecule has 3 aromatic rings. The molecule has 0 saturated carbocycles. The first-order valence-electron chi connectivity index (χ1n) is 13.2. The molecular weight excluding hydrogens is 480 g/mol. The Bertz CT molecular complexity index is 1310. The Balaban J connectivity index is 1.17. The van der Waals surface area contributed by atoms with Crippen molar-refractivity contribution < 1.29 is 19.7 Å². The molecule has 8 nitrogen and oxygen atoms in total. The van der Waals surface area contributed by atoms with Crippen LogP contribution in [0.25, 0.3) is 6.08 Å². The summed E-state index contributed by atoms with van der Waals surface area (Å²) in [5, 5.41) is 22.1. The van der Waals surface area contributed by atoms with Gasteiger partial charge in [0.05, 0.1) is 6.54 Å². The molecule has 0 radical (unpaired) electrons. The number of hydrogen-bond acceptors (Lipinski definition) is 7. The van der Waals surface area contributed by atoms with Gasteiger partial charge in [-0.3, -0.25) is 9.47 Å². The van der Waals surface area contributed by atoms with Gasteiger partial charge in [0.1, 0.15) is 11.9 Å². The molecule has 3 unspecified atom stereocenters. The first-order valence-corrected chi connectivity index (χ1v) is 13.2. The number of aromatic hydroxyl groups is 2. The Morgan fingerprint density at radius 1 is 0.947 bits per heavy atom. The van der Waals surface area contributed by atoms with Gasteiger partial charge >= 0.3 is 5.97 Å². The van der Waals surface area contributed by atoms with Gasteiger partial charge in [-0.1, -0.05) is 48.6 Å². The summed E-state index contributed by atoms with van der Waals surface area (Å²) in [6, 6.07) is 15.5. The number of carbonyl (C=O) groups is 1. The molecule has 1 aliphatic heterocycles. The fraction of sp³-hybridized carbons (Fsp3) is 0.333. The molecule has 2 aliphatic carbocycles. The summed E-state index contributed by atoms with van der Waals surface area (Å²) in [6.45, 7) is 3.88. The summed E-state index contributed by atoms with van der Waals surface area (Å²) in [5.41, 5.74) is 2.53. The van der Waals surface area contributed by atoms with Crippen LogP contribution in [0.4, 0.5) is 5.82 Å². The molecule has 3 heterocycles. The molecule has 1 aromatic carbocycles. The van der Waals surface area contributed by atoms with E-state index >= 15 is 0 Å². The van der Waals surface area contributed by atoms with Crippen LogP contribution in [-0.2, 0) is 16.1 Å². The highest BCUT2D eigenvalue weighted by atomic mass is 16.5. The van der Waals surface area contributed by atoms with Crippen LogP contribution in [0.3, 0.4) is 0 Å². The highest BCUT2D eigenvalue weighted by molar-refractivity contribution is 5.87. The van der Waals surface area contributed by atoms with Gasteiger partial charge < -0.3 is 19.8 Å². The predicted octanol–water partition coefficient (Wildman–Crippen LogP) is 3.88. The monoisotopic (exact) mass is 512 g/mol. The maximum Gasteiger partial charge on any atom is 0.331 e. The number of aromatic nitrogens is 2. The largest absolute Gasteiger partial charge is 0.494 e. The molecule has 2 aromatic heterocycles. The molecule has 0 spiro atoms. The maximum absolute atomic E-state index is 12.8. The van der Waals surface area contributed by atoms with Gasteiger partial charge in [0, 0.05) is 68.0 Å². The van der Waals surface area contributed by atoms with E-state index in [0.29, 0.717) is 6.54 Å². The first-order chi connectivity index (χ1) is 18.6. The van der Waals surface area contributed by atoms with Crippen LogP contribution >= 0.6 is 0 Å². The summed E-state index contributed by atoms with van der Waals surface area (Å²) < 4.78 is 7.43. The van der Waals surface area contributed by atoms with Gasteiger partial charge in [-0.25, -0.2) is 9.78 Å². The van der Waals surface area contributed by atoms with Gasteiger partial charge in [0.2, 0.25) is 0 Å². The Morgan fingerprint density at radius 3 is 2.29 bits per heavy atom. The minimum Gasteiger partial charge on any atom is -0.494 e. The van der Waals surface area contributed by atoms with E-state index < -0.39 is 12.1 Å². The summed E-state index contributed by atoms with van der Waals surface area (Å²) in [7, 11) is 0. The van der Waals surface area contributed by atoms with Crippen LogP contribution in [0.1, 0.15) is 34.9 Å². The Morgan fingerprint density at radius 2 is 1.63 bits per heavy atom. The second-order valence-corrected chi connectivity index (χ2v) is 10.2. The summed E-state index contributed by atoms with van der Waals surface area (Å²) in [5.74, 6) is 0.936. The molecule has 0 amide bonds. The van der Waals surface area contributed by atoms with Crippen molar-refractivity contribution in [3.8, 4) is 11.8 Å². The highest BCUT2D eigenvalue weighted by Gasteiger charge is 2.41. The van der Waals surface area contributed by atoms with Gasteiger partial charge in [-0.15, -0.1) is 0 Å². The minimum atomic E-state index is -0.556. The van der Waals surface area contributed by atoms with Crippen LogP contribution in [-0.4, -0.2) is 69.5 Å². The third-order valence-electron chi connectivity index (χ3n) is 7.80. The normalized spacial score (nSPS) is 21.2.